The van der Waals surface area contributed by atoms with Crippen LogP contribution in [0.4, 0.5) is 4.39 Å². The van der Waals surface area contributed by atoms with Gasteiger partial charge in [0.25, 0.3) is 0 Å². The largest absolute Gasteiger partial charge is 0.390 e. The monoisotopic (exact) mass is 196 g/mol. The Morgan fingerprint density at radius 1 is 1.29 bits per heavy atom. The molecule has 1 N–H and O–H groups in total. The third kappa shape index (κ3) is 3.46. The Morgan fingerprint density at radius 2 is 1.93 bits per heavy atom. The number of hydrogen-bond donors (Lipinski definition) is 1. The van der Waals surface area contributed by atoms with Gasteiger partial charge in [0.1, 0.15) is 6.17 Å². The van der Waals surface area contributed by atoms with Crippen LogP contribution in [0.2, 0.25) is 0 Å². The number of aliphatic hydroxyl groups excluding tert-OH is 1. The van der Waals surface area contributed by atoms with Gasteiger partial charge in [-0.1, -0.05) is 43.7 Å². The summed E-state index contributed by atoms with van der Waals surface area (Å²) < 4.78 is 13.4. The minimum absolute atomic E-state index is 0.308. The van der Waals surface area contributed by atoms with Gasteiger partial charge >= 0.3 is 0 Å². The molecule has 0 bridgehead atoms. The maximum atomic E-state index is 13.4. The van der Waals surface area contributed by atoms with Gasteiger partial charge in [0.15, 0.2) is 0 Å². The molecule has 78 valence electrons. The molecule has 1 aromatic carbocycles. The van der Waals surface area contributed by atoms with Crippen molar-refractivity contribution in [2.45, 2.75) is 38.5 Å². The van der Waals surface area contributed by atoms with Crippen molar-refractivity contribution in [3.63, 3.8) is 0 Å². The molecule has 0 amide bonds. The zero-order valence-electron chi connectivity index (χ0n) is 8.49. The predicted octanol–water partition coefficient (Wildman–Crippen LogP) is 2.73. The van der Waals surface area contributed by atoms with Crippen LogP contribution in [0, 0.1) is 0 Å². The average molecular weight is 196 g/mol. The molecule has 1 nitrogen and oxygen atoms in total. The van der Waals surface area contributed by atoms with Crippen LogP contribution >= 0.6 is 0 Å². The van der Waals surface area contributed by atoms with Gasteiger partial charge in [-0.2, -0.15) is 0 Å². The lowest BCUT2D eigenvalue weighted by Gasteiger charge is -2.14. The molecule has 0 unspecified atom stereocenters. The number of benzene rings is 1. The van der Waals surface area contributed by atoms with Crippen molar-refractivity contribution in [3.05, 3.63) is 35.9 Å². The van der Waals surface area contributed by atoms with Crippen LogP contribution in [0.5, 0.6) is 0 Å². The lowest BCUT2D eigenvalue weighted by atomic mass is 10.0. The van der Waals surface area contributed by atoms with E-state index in [0.29, 0.717) is 12.8 Å². The maximum Gasteiger partial charge on any atom is 0.130 e. The van der Waals surface area contributed by atoms with Crippen LogP contribution in [0.25, 0.3) is 0 Å². The van der Waals surface area contributed by atoms with Crippen molar-refractivity contribution in [2.24, 2.45) is 0 Å². The fourth-order valence-electron chi connectivity index (χ4n) is 1.45. The Labute approximate surface area is 84.6 Å². The van der Waals surface area contributed by atoms with E-state index in [9.17, 15) is 9.50 Å². The number of hydrogen-bond acceptors (Lipinski definition) is 1. The summed E-state index contributed by atoms with van der Waals surface area (Å²) in [5.41, 5.74) is 0.940. The second-order valence-electron chi connectivity index (χ2n) is 3.56. The first-order valence-electron chi connectivity index (χ1n) is 5.10. The van der Waals surface area contributed by atoms with E-state index in [4.69, 9.17) is 0 Å². The van der Waals surface area contributed by atoms with Crippen molar-refractivity contribution in [2.75, 3.05) is 0 Å². The van der Waals surface area contributed by atoms with Gasteiger partial charge in [-0.05, 0) is 12.0 Å². The van der Waals surface area contributed by atoms with Crippen LogP contribution in [-0.4, -0.2) is 17.4 Å². The molecular formula is C12H17FO. The summed E-state index contributed by atoms with van der Waals surface area (Å²) in [6, 6.07) is 9.43. The molecule has 0 radical (unpaired) electrons. The second kappa shape index (κ2) is 5.76. The molecule has 0 aromatic heterocycles. The van der Waals surface area contributed by atoms with E-state index in [-0.39, 0.29) is 0 Å². The van der Waals surface area contributed by atoms with E-state index in [1.165, 1.54) is 0 Å². The lowest BCUT2D eigenvalue weighted by Crippen LogP contribution is -2.23. The summed E-state index contributed by atoms with van der Waals surface area (Å²) in [6.07, 6.45) is -0.301. The minimum Gasteiger partial charge on any atom is -0.390 e. The Kier molecular flexibility index (Phi) is 4.60. The molecule has 0 aliphatic rings. The molecule has 0 saturated carbocycles. The molecule has 0 saturated heterocycles. The molecule has 0 aliphatic heterocycles. The summed E-state index contributed by atoms with van der Waals surface area (Å²) in [5, 5.41) is 9.40. The SMILES string of the molecule is CCC[C@H](O)[C@@H](F)Cc1ccccc1. The summed E-state index contributed by atoms with van der Waals surface area (Å²) in [4.78, 5) is 0. The van der Waals surface area contributed by atoms with E-state index in [1.807, 2.05) is 37.3 Å². The first kappa shape index (κ1) is 11.2. The van der Waals surface area contributed by atoms with Gasteiger partial charge in [0.05, 0.1) is 6.10 Å². The van der Waals surface area contributed by atoms with Crippen LogP contribution in [0.15, 0.2) is 30.3 Å². The summed E-state index contributed by atoms with van der Waals surface area (Å²) in [5.74, 6) is 0. The molecule has 1 rings (SSSR count). The number of halogens is 1. The maximum absolute atomic E-state index is 13.4. The molecular weight excluding hydrogens is 179 g/mol. The molecule has 0 aliphatic carbocycles. The predicted molar refractivity (Wildman–Crippen MR) is 56.0 cm³/mol. The van der Waals surface area contributed by atoms with Crippen molar-refractivity contribution in [1.82, 2.24) is 0 Å². The van der Waals surface area contributed by atoms with Gasteiger partial charge in [0.2, 0.25) is 0 Å². The minimum atomic E-state index is -1.14. The first-order valence-corrected chi connectivity index (χ1v) is 5.10. The number of alkyl halides is 1. The molecule has 0 spiro atoms. The van der Waals surface area contributed by atoms with Gasteiger partial charge in [0, 0.05) is 6.42 Å². The highest BCUT2D eigenvalue weighted by atomic mass is 19.1. The summed E-state index contributed by atoms with van der Waals surface area (Å²) in [7, 11) is 0. The fraction of sp³-hybridized carbons (Fsp3) is 0.500. The van der Waals surface area contributed by atoms with Crippen molar-refractivity contribution in [3.8, 4) is 0 Å². The third-order valence-corrected chi connectivity index (χ3v) is 2.28. The Morgan fingerprint density at radius 3 is 2.50 bits per heavy atom. The van der Waals surface area contributed by atoms with E-state index >= 15 is 0 Å². The van der Waals surface area contributed by atoms with Crippen LogP contribution in [0.3, 0.4) is 0 Å². The van der Waals surface area contributed by atoms with Gasteiger partial charge < -0.3 is 5.11 Å². The summed E-state index contributed by atoms with van der Waals surface area (Å²) in [6.45, 7) is 1.94. The van der Waals surface area contributed by atoms with Gasteiger partial charge in [-0.15, -0.1) is 0 Å². The normalized spacial score (nSPS) is 15.1. The first-order chi connectivity index (χ1) is 6.74. The second-order valence-corrected chi connectivity index (χ2v) is 3.56. The lowest BCUT2D eigenvalue weighted by molar-refractivity contribution is 0.0702. The number of aliphatic hydroxyl groups is 1. The fourth-order valence-corrected chi connectivity index (χ4v) is 1.45. The third-order valence-electron chi connectivity index (χ3n) is 2.28. The topological polar surface area (TPSA) is 20.2 Å². The van der Waals surface area contributed by atoms with E-state index in [1.54, 1.807) is 0 Å². The molecule has 0 heterocycles. The molecule has 14 heavy (non-hydrogen) atoms. The van der Waals surface area contributed by atoms with Crippen LogP contribution in [-0.2, 0) is 6.42 Å². The number of rotatable bonds is 5. The Bertz CT molecular complexity index is 248. The smallest absolute Gasteiger partial charge is 0.130 e. The average Bonchev–Trinajstić information content (AvgIpc) is 2.19. The van der Waals surface area contributed by atoms with Crippen molar-refractivity contribution < 1.29 is 9.50 Å². The molecule has 2 heteroatoms. The highest BCUT2D eigenvalue weighted by Crippen LogP contribution is 2.12. The van der Waals surface area contributed by atoms with Gasteiger partial charge in [-0.25, -0.2) is 4.39 Å². The van der Waals surface area contributed by atoms with E-state index in [0.717, 1.165) is 12.0 Å². The van der Waals surface area contributed by atoms with Crippen LogP contribution in [0.1, 0.15) is 25.3 Å². The van der Waals surface area contributed by atoms with Gasteiger partial charge in [-0.3, -0.25) is 0 Å². The quantitative estimate of drug-likeness (QED) is 0.767. The van der Waals surface area contributed by atoms with Crippen molar-refractivity contribution >= 4 is 0 Å². The molecule has 2 atom stereocenters. The van der Waals surface area contributed by atoms with Crippen molar-refractivity contribution in [1.29, 1.82) is 0 Å². The molecule has 1 aromatic rings. The van der Waals surface area contributed by atoms with Crippen LogP contribution < -0.4 is 0 Å². The Balaban J connectivity index is 2.44. The highest BCUT2D eigenvalue weighted by molar-refractivity contribution is 5.15. The zero-order valence-corrected chi connectivity index (χ0v) is 8.49. The standard InChI is InChI=1S/C12H17FO/c1-2-6-12(14)11(13)9-10-7-4-3-5-8-10/h3-5,7-8,11-12,14H,2,6,9H2,1H3/t11-,12-/m0/s1. The summed E-state index contributed by atoms with van der Waals surface area (Å²) >= 11 is 0. The zero-order chi connectivity index (χ0) is 10.4. The highest BCUT2D eigenvalue weighted by Gasteiger charge is 2.17. The van der Waals surface area contributed by atoms with E-state index in [2.05, 4.69) is 0 Å². The molecule has 0 fully saturated rings. The van der Waals surface area contributed by atoms with E-state index < -0.39 is 12.3 Å². The Hall–Kier alpha value is -0.890.